The first-order valence-corrected chi connectivity index (χ1v) is 7.55. The molecule has 0 heterocycles. The summed E-state index contributed by atoms with van der Waals surface area (Å²) in [6.07, 6.45) is 2.12. The highest BCUT2D eigenvalue weighted by Gasteiger charge is 2.29. The Morgan fingerprint density at radius 2 is 1.68 bits per heavy atom. The quantitative estimate of drug-likeness (QED) is 0.543. The molecule has 1 rings (SSSR count). The number of nitrogens with zero attached hydrogens (tertiary/aromatic N) is 1. The van der Waals surface area contributed by atoms with Crippen molar-refractivity contribution >= 4 is 6.21 Å². The summed E-state index contributed by atoms with van der Waals surface area (Å²) in [7, 11) is 0. The van der Waals surface area contributed by atoms with E-state index >= 15 is 0 Å². The van der Waals surface area contributed by atoms with Gasteiger partial charge in [-0.05, 0) is 43.5 Å². The molecule has 0 aliphatic heterocycles. The maximum atomic E-state index is 12.4. The number of hydrogen-bond acceptors (Lipinski definition) is 3. The van der Waals surface area contributed by atoms with Crippen LogP contribution in [0.2, 0.25) is 0 Å². The van der Waals surface area contributed by atoms with E-state index < -0.39 is 11.7 Å². The van der Waals surface area contributed by atoms with E-state index in [0.717, 1.165) is 56.5 Å². The Labute approximate surface area is 129 Å². The normalized spacial score (nSPS) is 13.7. The first-order valence-electron chi connectivity index (χ1n) is 7.55. The minimum absolute atomic E-state index is 0.277. The van der Waals surface area contributed by atoms with Gasteiger partial charge in [0.15, 0.2) is 0 Å². The van der Waals surface area contributed by atoms with E-state index in [1.165, 1.54) is 12.1 Å². The van der Waals surface area contributed by atoms with Crippen molar-refractivity contribution in [2.24, 2.45) is 16.5 Å². The molecule has 0 aromatic heterocycles. The lowest BCUT2D eigenvalue weighted by Gasteiger charge is -2.09. The molecule has 0 saturated heterocycles. The first kappa shape index (κ1) is 18.6. The molecular weight excluding hydrogens is 291 g/mol. The standard InChI is InChI=1S/C16H24F3N3/c17-16(18,19)14-7-5-13(6-8-14)11-15(21)12-22-10-4-2-1-3-9-20/h5-8,12,15H,1-4,9-11,20-21H2. The van der Waals surface area contributed by atoms with Crippen LogP contribution >= 0.6 is 0 Å². The molecule has 0 spiro atoms. The van der Waals surface area contributed by atoms with Gasteiger partial charge in [0.1, 0.15) is 0 Å². The zero-order valence-corrected chi connectivity index (χ0v) is 12.6. The summed E-state index contributed by atoms with van der Waals surface area (Å²) in [6.45, 7) is 1.45. The van der Waals surface area contributed by atoms with Crippen LogP contribution in [0.4, 0.5) is 13.2 Å². The fourth-order valence-corrected chi connectivity index (χ4v) is 2.07. The third-order valence-corrected chi connectivity index (χ3v) is 3.29. The highest BCUT2D eigenvalue weighted by molar-refractivity contribution is 5.64. The highest BCUT2D eigenvalue weighted by atomic mass is 19.4. The summed E-state index contributed by atoms with van der Waals surface area (Å²) in [5.41, 5.74) is 11.4. The van der Waals surface area contributed by atoms with E-state index in [1.807, 2.05) is 0 Å². The predicted octanol–water partition coefficient (Wildman–Crippen LogP) is 3.17. The van der Waals surface area contributed by atoms with Crippen molar-refractivity contribution in [1.29, 1.82) is 0 Å². The number of halogens is 3. The van der Waals surface area contributed by atoms with Crippen LogP contribution in [0.25, 0.3) is 0 Å². The van der Waals surface area contributed by atoms with Crippen molar-refractivity contribution in [3.63, 3.8) is 0 Å². The average molecular weight is 315 g/mol. The molecule has 1 atom stereocenters. The number of rotatable bonds is 9. The Morgan fingerprint density at radius 1 is 1.05 bits per heavy atom. The van der Waals surface area contributed by atoms with E-state index in [2.05, 4.69) is 4.99 Å². The Balaban J connectivity index is 2.31. The largest absolute Gasteiger partial charge is 0.416 e. The molecule has 0 radical (unpaired) electrons. The molecule has 0 bridgehead atoms. The van der Waals surface area contributed by atoms with Crippen molar-refractivity contribution in [1.82, 2.24) is 0 Å². The SMILES string of the molecule is NCCCCCCN=CC(N)Cc1ccc(C(F)(F)F)cc1. The molecule has 0 saturated carbocycles. The van der Waals surface area contributed by atoms with Gasteiger partial charge in [-0.1, -0.05) is 25.0 Å². The van der Waals surface area contributed by atoms with Gasteiger partial charge in [-0.25, -0.2) is 0 Å². The molecule has 1 aromatic carbocycles. The molecule has 124 valence electrons. The number of unbranched alkanes of at least 4 members (excludes halogenated alkanes) is 3. The van der Waals surface area contributed by atoms with E-state index in [-0.39, 0.29) is 6.04 Å². The van der Waals surface area contributed by atoms with Gasteiger partial charge in [0, 0.05) is 18.8 Å². The van der Waals surface area contributed by atoms with Crippen LogP contribution in [-0.2, 0) is 12.6 Å². The molecule has 4 N–H and O–H groups in total. The van der Waals surface area contributed by atoms with E-state index in [4.69, 9.17) is 11.5 Å². The van der Waals surface area contributed by atoms with Crippen molar-refractivity contribution in [3.8, 4) is 0 Å². The minimum Gasteiger partial charge on any atom is -0.330 e. The zero-order chi connectivity index (χ0) is 16.4. The van der Waals surface area contributed by atoms with E-state index in [1.54, 1.807) is 6.21 Å². The van der Waals surface area contributed by atoms with Gasteiger partial charge < -0.3 is 11.5 Å². The maximum Gasteiger partial charge on any atom is 0.416 e. The summed E-state index contributed by atoms with van der Waals surface area (Å²) in [4.78, 5) is 4.26. The molecule has 0 aliphatic rings. The summed E-state index contributed by atoms with van der Waals surface area (Å²) >= 11 is 0. The third kappa shape index (κ3) is 7.56. The molecule has 0 fully saturated rings. The maximum absolute atomic E-state index is 12.4. The predicted molar refractivity (Wildman–Crippen MR) is 84.0 cm³/mol. The van der Waals surface area contributed by atoms with Crippen LogP contribution in [0.3, 0.4) is 0 Å². The Hall–Kier alpha value is -1.40. The Bertz CT molecular complexity index is 441. The molecule has 1 unspecified atom stereocenters. The molecule has 6 heteroatoms. The van der Waals surface area contributed by atoms with Gasteiger partial charge >= 0.3 is 6.18 Å². The summed E-state index contributed by atoms with van der Waals surface area (Å²) in [5.74, 6) is 0. The number of nitrogens with two attached hydrogens (primary N) is 2. The van der Waals surface area contributed by atoms with Gasteiger partial charge in [0.2, 0.25) is 0 Å². The molecular formula is C16H24F3N3. The van der Waals surface area contributed by atoms with Crippen molar-refractivity contribution < 1.29 is 13.2 Å². The van der Waals surface area contributed by atoms with Crippen LogP contribution in [0, 0.1) is 0 Å². The van der Waals surface area contributed by atoms with E-state index in [9.17, 15) is 13.2 Å². The fourth-order valence-electron chi connectivity index (χ4n) is 2.07. The highest BCUT2D eigenvalue weighted by Crippen LogP contribution is 2.29. The molecule has 0 amide bonds. The van der Waals surface area contributed by atoms with Crippen LogP contribution in [-0.4, -0.2) is 25.3 Å². The molecule has 1 aromatic rings. The molecule has 22 heavy (non-hydrogen) atoms. The Morgan fingerprint density at radius 3 is 2.27 bits per heavy atom. The zero-order valence-electron chi connectivity index (χ0n) is 12.6. The number of alkyl halides is 3. The van der Waals surface area contributed by atoms with Crippen molar-refractivity contribution in [2.75, 3.05) is 13.1 Å². The third-order valence-electron chi connectivity index (χ3n) is 3.29. The van der Waals surface area contributed by atoms with Gasteiger partial charge in [0.05, 0.1) is 5.56 Å². The lowest BCUT2D eigenvalue weighted by atomic mass is 10.1. The van der Waals surface area contributed by atoms with Crippen LogP contribution < -0.4 is 11.5 Å². The summed E-state index contributed by atoms with van der Waals surface area (Å²) < 4.78 is 37.3. The number of hydrogen-bond donors (Lipinski definition) is 2. The smallest absolute Gasteiger partial charge is 0.330 e. The second kappa shape index (κ2) is 9.58. The fraction of sp³-hybridized carbons (Fsp3) is 0.562. The molecule has 3 nitrogen and oxygen atoms in total. The number of aliphatic imine (C=N–C) groups is 1. The van der Waals surface area contributed by atoms with Crippen LogP contribution in [0.1, 0.15) is 36.8 Å². The summed E-state index contributed by atoms with van der Waals surface area (Å²) in [5, 5.41) is 0. The first-order chi connectivity index (χ1) is 10.4. The summed E-state index contributed by atoms with van der Waals surface area (Å²) in [6, 6.07) is 4.81. The topological polar surface area (TPSA) is 64.4 Å². The monoisotopic (exact) mass is 315 g/mol. The second-order valence-corrected chi connectivity index (χ2v) is 5.32. The van der Waals surface area contributed by atoms with Crippen LogP contribution in [0.15, 0.2) is 29.3 Å². The second-order valence-electron chi connectivity index (χ2n) is 5.32. The van der Waals surface area contributed by atoms with Crippen molar-refractivity contribution in [2.45, 2.75) is 44.3 Å². The van der Waals surface area contributed by atoms with Gasteiger partial charge in [-0.3, -0.25) is 4.99 Å². The lowest BCUT2D eigenvalue weighted by Crippen LogP contribution is -2.24. The average Bonchev–Trinajstić information content (AvgIpc) is 2.46. The minimum atomic E-state index is -4.30. The molecule has 0 aliphatic carbocycles. The van der Waals surface area contributed by atoms with Gasteiger partial charge in [-0.15, -0.1) is 0 Å². The van der Waals surface area contributed by atoms with E-state index in [0.29, 0.717) is 6.42 Å². The number of benzene rings is 1. The Kier molecular flexibility index (Phi) is 8.12. The van der Waals surface area contributed by atoms with Crippen LogP contribution in [0.5, 0.6) is 0 Å². The lowest BCUT2D eigenvalue weighted by molar-refractivity contribution is -0.137. The van der Waals surface area contributed by atoms with Crippen molar-refractivity contribution in [3.05, 3.63) is 35.4 Å². The van der Waals surface area contributed by atoms with Gasteiger partial charge in [-0.2, -0.15) is 13.2 Å². The van der Waals surface area contributed by atoms with Gasteiger partial charge in [0.25, 0.3) is 0 Å².